The van der Waals surface area contributed by atoms with Gasteiger partial charge >= 0.3 is 4.59 Å². The number of amides is 1. The van der Waals surface area contributed by atoms with Crippen molar-refractivity contribution < 1.29 is 9.18 Å². The average Bonchev–Trinajstić information content (AvgIpc) is 1.88. The highest BCUT2D eigenvalue weighted by molar-refractivity contribution is 6.56. The average molecular weight is 202 g/mol. The predicted molar refractivity (Wildman–Crippen MR) is 43.5 cm³/mol. The molecule has 0 unspecified atom stereocenters. The molecule has 0 aliphatic carbocycles. The molecule has 0 fully saturated rings. The zero-order valence-electron chi connectivity index (χ0n) is 6.40. The quantitative estimate of drug-likeness (QED) is 0.640. The van der Waals surface area contributed by atoms with Gasteiger partial charge in [-0.1, -0.05) is 23.2 Å². The first-order valence-corrected chi connectivity index (χ1v) is 4.05. The second-order valence-electron chi connectivity index (χ2n) is 1.98. The summed E-state index contributed by atoms with van der Waals surface area (Å²) in [5.41, 5.74) is 0. The Hall–Kier alpha value is -0.0200. The van der Waals surface area contributed by atoms with Gasteiger partial charge in [-0.2, -0.15) is 4.39 Å². The standard InChI is InChI=1S/C6H10Cl2FNO/c1-3-10(4-2)5(11)6(7,8)9/h3-4H2,1-2H3. The summed E-state index contributed by atoms with van der Waals surface area (Å²) in [6.07, 6.45) is 0. The van der Waals surface area contributed by atoms with Crippen LogP contribution >= 0.6 is 23.2 Å². The molecule has 5 heteroatoms. The summed E-state index contributed by atoms with van der Waals surface area (Å²) in [6, 6.07) is 0. The van der Waals surface area contributed by atoms with Crippen molar-refractivity contribution >= 4 is 29.1 Å². The molecule has 66 valence electrons. The van der Waals surface area contributed by atoms with Gasteiger partial charge in [0.15, 0.2) is 0 Å². The van der Waals surface area contributed by atoms with Crippen molar-refractivity contribution in [2.45, 2.75) is 18.4 Å². The van der Waals surface area contributed by atoms with Gasteiger partial charge in [-0.15, -0.1) is 0 Å². The highest BCUT2D eigenvalue weighted by Crippen LogP contribution is 2.24. The van der Waals surface area contributed by atoms with Crippen molar-refractivity contribution in [2.75, 3.05) is 13.1 Å². The van der Waals surface area contributed by atoms with Gasteiger partial charge in [-0.05, 0) is 13.8 Å². The minimum absolute atomic E-state index is 0.403. The van der Waals surface area contributed by atoms with Crippen molar-refractivity contribution in [3.8, 4) is 0 Å². The maximum absolute atomic E-state index is 12.5. The first-order valence-electron chi connectivity index (χ1n) is 3.29. The van der Waals surface area contributed by atoms with E-state index in [1.54, 1.807) is 13.8 Å². The van der Waals surface area contributed by atoms with Crippen LogP contribution in [0, 0.1) is 0 Å². The van der Waals surface area contributed by atoms with Crippen molar-refractivity contribution in [1.29, 1.82) is 0 Å². The minimum Gasteiger partial charge on any atom is -0.338 e. The summed E-state index contributed by atoms with van der Waals surface area (Å²) in [6.45, 7) is 4.25. The number of nitrogens with zero attached hydrogens (tertiary/aromatic N) is 1. The molecule has 0 spiro atoms. The molecule has 0 N–H and O–H groups in total. The lowest BCUT2D eigenvalue weighted by molar-refractivity contribution is -0.134. The van der Waals surface area contributed by atoms with E-state index in [4.69, 9.17) is 23.2 Å². The molecule has 11 heavy (non-hydrogen) atoms. The zero-order valence-corrected chi connectivity index (χ0v) is 7.92. The fraction of sp³-hybridized carbons (Fsp3) is 0.833. The third-order valence-electron chi connectivity index (χ3n) is 1.29. The van der Waals surface area contributed by atoms with Crippen LogP contribution in [0.25, 0.3) is 0 Å². The molecule has 0 aromatic rings. The normalized spacial score (nSPS) is 11.4. The molecular weight excluding hydrogens is 192 g/mol. The molecule has 0 saturated heterocycles. The smallest absolute Gasteiger partial charge is 0.335 e. The summed E-state index contributed by atoms with van der Waals surface area (Å²) >= 11 is 9.89. The van der Waals surface area contributed by atoms with Crippen LogP contribution in [0.5, 0.6) is 0 Å². The molecule has 0 aromatic carbocycles. The molecule has 0 atom stereocenters. The fourth-order valence-electron chi connectivity index (χ4n) is 0.690. The van der Waals surface area contributed by atoms with Gasteiger partial charge in [-0.25, -0.2) is 0 Å². The van der Waals surface area contributed by atoms with Crippen LogP contribution < -0.4 is 0 Å². The van der Waals surface area contributed by atoms with E-state index < -0.39 is 10.5 Å². The Morgan fingerprint density at radius 2 is 1.82 bits per heavy atom. The molecular formula is C6H10Cl2FNO. The van der Waals surface area contributed by atoms with E-state index in [1.807, 2.05) is 0 Å². The summed E-state index contributed by atoms with van der Waals surface area (Å²) in [5, 5.41) is 0. The van der Waals surface area contributed by atoms with Gasteiger partial charge in [0.05, 0.1) is 0 Å². The summed E-state index contributed by atoms with van der Waals surface area (Å²) < 4.78 is 9.76. The van der Waals surface area contributed by atoms with Gasteiger partial charge in [0.25, 0.3) is 5.91 Å². The van der Waals surface area contributed by atoms with E-state index in [0.717, 1.165) is 0 Å². The van der Waals surface area contributed by atoms with Crippen LogP contribution in [0.15, 0.2) is 0 Å². The number of rotatable bonds is 3. The second kappa shape index (κ2) is 4.12. The summed E-state index contributed by atoms with van der Waals surface area (Å²) in [7, 11) is 0. The van der Waals surface area contributed by atoms with Gasteiger partial charge in [0, 0.05) is 13.1 Å². The third kappa shape index (κ3) is 3.25. The van der Waals surface area contributed by atoms with Gasteiger partial charge in [-0.3, -0.25) is 4.79 Å². The molecule has 1 amide bonds. The lowest BCUT2D eigenvalue weighted by atomic mass is 10.5. The molecule has 0 radical (unpaired) electrons. The van der Waals surface area contributed by atoms with E-state index in [-0.39, 0.29) is 0 Å². The van der Waals surface area contributed by atoms with Crippen molar-refractivity contribution in [3.63, 3.8) is 0 Å². The zero-order chi connectivity index (χ0) is 9.07. The Morgan fingerprint density at radius 3 is 1.91 bits per heavy atom. The lowest BCUT2D eigenvalue weighted by Gasteiger charge is -2.21. The number of alkyl halides is 3. The van der Waals surface area contributed by atoms with Crippen molar-refractivity contribution in [3.05, 3.63) is 0 Å². The first-order chi connectivity index (χ1) is 4.93. The van der Waals surface area contributed by atoms with Crippen LogP contribution in [-0.2, 0) is 4.79 Å². The lowest BCUT2D eigenvalue weighted by Crippen LogP contribution is -2.39. The van der Waals surface area contributed by atoms with Crippen LogP contribution in [0.1, 0.15) is 13.8 Å². The number of hydrogen-bond acceptors (Lipinski definition) is 1. The van der Waals surface area contributed by atoms with Crippen molar-refractivity contribution in [2.24, 2.45) is 0 Å². The van der Waals surface area contributed by atoms with Crippen LogP contribution in [-0.4, -0.2) is 28.5 Å². The van der Waals surface area contributed by atoms with E-state index in [1.165, 1.54) is 4.90 Å². The third-order valence-corrected chi connectivity index (χ3v) is 1.62. The Labute approximate surface area is 75.3 Å². The molecule has 2 nitrogen and oxygen atoms in total. The Morgan fingerprint density at radius 1 is 1.45 bits per heavy atom. The van der Waals surface area contributed by atoms with E-state index in [0.29, 0.717) is 13.1 Å². The highest BCUT2D eigenvalue weighted by atomic mass is 35.5. The number of halogens is 3. The number of hydrogen-bond donors (Lipinski definition) is 0. The molecule has 0 bridgehead atoms. The van der Waals surface area contributed by atoms with Crippen LogP contribution in [0.3, 0.4) is 0 Å². The number of carbonyl (C=O) groups excluding carboxylic acids is 1. The Bertz CT molecular complexity index is 142. The molecule has 0 heterocycles. The van der Waals surface area contributed by atoms with Gasteiger partial charge in [0.2, 0.25) is 0 Å². The van der Waals surface area contributed by atoms with Crippen LogP contribution in [0.4, 0.5) is 4.39 Å². The molecule has 0 aromatic heterocycles. The molecule has 0 saturated carbocycles. The summed E-state index contributed by atoms with van der Waals surface area (Å²) in [4.78, 5) is 12.1. The largest absolute Gasteiger partial charge is 0.338 e. The summed E-state index contributed by atoms with van der Waals surface area (Å²) in [5.74, 6) is -0.897. The molecule has 0 aliphatic rings. The fourth-order valence-corrected chi connectivity index (χ4v) is 0.929. The monoisotopic (exact) mass is 201 g/mol. The number of carbonyl (C=O) groups is 1. The molecule has 0 rings (SSSR count). The van der Waals surface area contributed by atoms with E-state index in [2.05, 4.69) is 0 Å². The maximum Gasteiger partial charge on any atom is 0.335 e. The van der Waals surface area contributed by atoms with Crippen molar-refractivity contribution in [1.82, 2.24) is 4.90 Å². The SMILES string of the molecule is CCN(CC)C(=O)C(F)(Cl)Cl. The van der Waals surface area contributed by atoms with Crippen LogP contribution in [0.2, 0.25) is 0 Å². The van der Waals surface area contributed by atoms with Gasteiger partial charge < -0.3 is 4.90 Å². The minimum atomic E-state index is -2.79. The Balaban J connectivity index is 4.22. The molecule has 0 aliphatic heterocycles. The van der Waals surface area contributed by atoms with E-state index in [9.17, 15) is 9.18 Å². The maximum atomic E-state index is 12.5. The highest BCUT2D eigenvalue weighted by Gasteiger charge is 2.36. The topological polar surface area (TPSA) is 20.3 Å². The van der Waals surface area contributed by atoms with E-state index >= 15 is 0 Å². The Kier molecular flexibility index (Phi) is 4.11. The van der Waals surface area contributed by atoms with Gasteiger partial charge in [0.1, 0.15) is 0 Å². The predicted octanol–water partition coefficient (Wildman–Crippen LogP) is 1.96. The first kappa shape index (κ1) is 11.0. The second-order valence-corrected chi connectivity index (χ2v) is 3.21.